The number of carbonyl (C=O) groups is 1. The second-order valence-corrected chi connectivity index (χ2v) is 10.8. The first-order valence-electron chi connectivity index (χ1n) is 9.45. The fourth-order valence-electron chi connectivity index (χ4n) is 2.81. The van der Waals surface area contributed by atoms with E-state index in [1.807, 2.05) is 4.72 Å². The van der Waals surface area contributed by atoms with Crippen LogP contribution in [0.3, 0.4) is 0 Å². The van der Waals surface area contributed by atoms with Crippen LogP contribution in [0, 0.1) is 0 Å². The molecule has 170 valence electrons. The van der Waals surface area contributed by atoms with Crippen LogP contribution in [0.2, 0.25) is 5.02 Å². The molecule has 0 aliphatic rings. The van der Waals surface area contributed by atoms with Crippen molar-refractivity contribution in [3.05, 3.63) is 69.5 Å². The third kappa shape index (κ3) is 5.11. The first-order chi connectivity index (χ1) is 14.9. The fraction of sp³-hybridized carbons (Fsp3) is 0.200. The molecule has 3 aromatic rings. The highest BCUT2D eigenvalue weighted by atomic mass is 35.5. The highest BCUT2D eigenvalue weighted by Gasteiger charge is 2.30. The molecule has 1 aromatic heterocycles. The summed E-state index contributed by atoms with van der Waals surface area (Å²) >= 11 is 6.11. The van der Waals surface area contributed by atoms with E-state index < -0.39 is 45.4 Å². The van der Waals surface area contributed by atoms with Crippen molar-refractivity contribution in [2.45, 2.75) is 31.3 Å². The summed E-state index contributed by atoms with van der Waals surface area (Å²) in [5.74, 6) is -0.856. The average Bonchev–Trinajstić information content (AvgIpc) is 2.72. The van der Waals surface area contributed by atoms with Crippen molar-refractivity contribution >= 4 is 51.3 Å². The molecule has 0 bridgehead atoms. The lowest BCUT2D eigenvalue weighted by Gasteiger charge is -2.17. The van der Waals surface area contributed by atoms with Gasteiger partial charge in [-0.2, -0.15) is 0 Å². The van der Waals surface area contributed by atoms with Gasteiger partial charge in [0.15, 0.2) is 0 Å². The van der Waals surface area contributed by atoms with Crippen LogP contribution in [0.15, 0.2) is 58.2 Å². The normalized spacial score (nSPS) is 14.6. The number of pyridine rings is 1. The standard InChI is InChI=1S/C20H20ClN2O7PS/c1-3-12(2)30-31(26,27)17-9-14-10-18(15(21)11-16(14)22-20(17)25)32(28,29)23-19(24)13-7-5-4-6-8-13/h4-12H,3H2,1-2H3,(H,22,25)(H,23,24)(H,26,27). The van der Waals surface area contributed by atoms with Crippen LogP contribution in [-0.2, 0) is 19.1 Å². The van der Waals surface area contributed by atoms with Crippen LogP contribution in [0.5, 0.6) is 0 Å². The minimum absolute atomic E-state index is 0.110. The quantitative estimate of drug-likeness (QED) is 0.425. The molecule has 0 fully saturated rings. The Morgan fingerprint density at radius 3 is 2.53 bits per heavy atom. The van der Waals surface area contributed by atoms with Crippen LogP contribution in [0.4, 0.5) is 0 Å². The Morgan fingerprint density at radius 1 is 1.25 bits per heavy atom. The molecule has 0 aliphatic carbocycles. The third-order valence-electron chi connectivity index (χ3n) is 4.63. The predicted octanol–water partition coefficient (Wildman–Crippen LogP) is 2.93. The van der Waals surface area contributed by atoms with E-state index in [-0.39, 0.29) is 21.5 Å². The molecule has 1 heterocycles. The number of fused-ring (bicyclic) bond motifs is 1. The number of aromatic nitrogens is 1. The van der Waals surface area contributed by atoms with Gasteiger partial charge in [0.25, 0.3) is 21.5 Å². The van der Waals surface area contributed by atoms with Gasteiger partial charge in [0, 0.05) is 16.5 Å². The summed E-state index contributed by atoms with van der Waals surface area (Å²) in [6.45, 7) is 3.33. The van der Waals surface area contributed by atoms with Crippen molar-refractivity contribution in [2.75, 3.05) is 0 Å². The van der Waals surface area contributed by atoms with Crippen LogP contribution in [0.25, 0.3) is 10.9 Å². The number of H-pyrrole nitrogens is 1. The Bertz CT molecular complexity index is 1390. The van der Waals surface area contributed by atoms with Gasteiger partial charge >= 0.3 is 7.60 Å². The number of hydrogen-bond donors (Lipinski definition) is 3. The summed E-state index contributed by atoms with van der Waals surface area (Å²) in [6, 6.07) is 11.1. The van der Waals surface area contributed by atoms with Gasteiger partial charge in [-0.25, -0.2) is 13.1 Å². The Kier molecular flexibility index (Phi) is 6.92. The van der Waals surface area contributed by atoms with Crippen LogP contribution < -0.4 is 15.6 Å². The molecule has 1 amide bonds. The summed E-state index contributed by atoms with van der Waals surface area (Å²) in [5.41, 5.74) is -0.598. The Labute approximate surface area is 189 Å². The molecule has 0 spiro atoms. The lowest BCUT2D eigenvalue weighted by Crippen LogP contribution is -2.31. The fourth-order valence-corrected chi connectivity index (χ4v) is 5.72. The molecule has 2 aromatic carbocycles. The van der Waals surface area contributed by atoms with E-state index in [0.29, 0.717) is 6.42 Å². The number of aromatic amines is 1. The lowest BCUT2D eigenvalue weighted by molar-refractivity contribution is 0.0981. The summed E-state index contributed by atoms with van der Waals surface area (Å²) in [7, 11) is -8.88. The van der Waals surface area contributed by atoms with Crippen LogP contribution >= 0.6 is 19.2 Å². The number of rotatable bonds is 7. The smallest absolute Gasteiger partial charge is 0.321 e. The van der Waals surface area contributed by atoms with Crippen LogP contribution in [-0.4, -0.2) is 30.3 Å². The second-order valence-electron chi connectivity index (χ2n) is 7.00. The van der Waals surface area contributed by atoms with Crippen LogP contribution in [0.1, 0.15) is 30.6 Å². The summed E-state index contributed by atoms with van der Waals surface area (Å²) < 4.78 is 45.3. The molecule has 0 saturated heterocycles. The number of carbonyl (C=O) groups excluding carboxylic acids is 1. The Balaban J connectivity index is 2.06. The second kappa shape index (κ2) is 9.17. The molecule has 0 aliphatic heterocycles. The zero-order chi connectivity index (χ0) is 23.7. The molecule has 3 N–H and O–H groups in total. The maximum atomic E-state index is 12.8. The zero-order valence-electron chi connectivity index (χ0n) is 17.0. The highest BCUT2D eigenvalue weighted by molar-refractivity contribution is 7.90. The third-order valence-corrected chi connectivity index (χ3v) is 8.01. The zero-order valence-corrected chi connectivity index (χ0v) is 19.5. The van der Waals surface area contributed by atoms with Gasteiger partial charge in [-0.15, -0.1) is 0 Å². The summed E-state index contributed by atoms with van der Waals surface area (Å²) in [4.78, 5) is 36.9. The summed E-state index contributed by atoms with van der Waals surface area (Å²) in [5, 5.41) is -0.680. The minimum Gasteiger partial charge on any atom is -0.321 e. The molecule has 12 heteroatoms. The molecular formula is C20H20ClN2O7PS. The maximum Gasteiger partial charge on any atom is 0.364 e. The van der Waals surface area contributed by atoms with Gasteiger partial charge in [0.1, 0.15) is 10.2 Å². The number of nitrogens with one attached hydrogen (secondary N) is 2. The predicted molar refractivity (Wildman–Crippen MR) is 121 cm³/mol. The van der Waals surface area contributed by atoms with Gasteiger partial charge in [-0.3, -0.25) is 14.2 Å². The Morgan fingerprint density at radius 2 is 1.91 bits per heavy atom. The number of hydrogen-bond acceptors (Lipinski definition) is 6. The lowest BCUT2D eigenvalue weighted by atomic mass is 10.2. The van der Waals surface area contributed by atoms with Crippen molar-refractivity contribution < 1.29 is 27.2 Å². The van der Waals surface area contributed by atoms with E-state index in [4.69, 9.17) is 16.1 Å². The van der Waals surface area contributed by atoms with Crippen molar-refractivity contribution in [1.82, 2.24) is 9.71 Å². The molecule has 9 nitrogen and oxygen atoms in total. The van der Waals surface area contributed by atoms with E-state index in [1.54, 1.807) is 32.0 Å². The average molecular weight is 499 g/mol. The van der Waals surface area contributed by atoms with Gasteiger partial charge in [-0.05, 0) is 43.7 Å². The van der Waals surface area contributed by atoms with Gasteiger partial charge in [0.05, 0.1) is 11.1 Å². The highest BCUT2D eigenvalue weighted by Crippen LogP contribution is 2.42. The van der Waals surface area contributed by atoms with E-state index in [1.165, 1.54) is 18.2 Å². The molecule has 2 unspecified atom stereocenters. The van der Waals surface area contributed by atoms with E-state index in [0.717, 1.165) is 12.1 Å². The van der Waals surface area contributed by atoms with Crippen molar-refractivity contribution in [1.29, 1.82) is 0 Å². The van der Waals surface area contributed by atoms with E-state index in [2.05, 4.69) is 4.98 Å². The minimum atomic E-state index is -4.49. The van der Waals surface area contributed by atoms with E-state index >= 15 is 0 Å². The molecular weight excluding hydrogens is 479 g/mol. The number of halogens is 1. The van der Waals surface area contributed by atoms with Gasteiger partial charge in [-0.1, -0.05) is 36.7 Å². The SMILES string of the molecule is CCC(C)OP(=O)(O)c1cc2cc(S(=O)(=O)NC(=O)c3ccccc3)c(Cl)cc2[nH]c1=O. The molecule has 3 rings (SSSR count). The maximum absolute atomic E-state index is 12.8. The molecule has 32 heavy (non-hydrogen) atoms. The van der Waals surface area contributed by atoms with Crippen molar-refractivity contribution in [2.24, 2.45) is 0 Å². The number of benzene rings is 2. The first kappa shape index (κ1) is 24.2. The Hall–Kier alpha value is -2.49. The number of sulfonamides is 1. The monoisotopic (exact) mass is 498 g/mol. The molecule has 2 atom stereocenters. The topological polar surface area (TPSA) is 143 Å². The van der Waals surface area contributed by atoms with E-state index in [9.17, 15) is 27.5 Å². The molecule has 0 saturated carbocycles. The number of amides is 1. The molecule has 0 radical (unpaired) electrons. The van der Waals surface area contributed by atoms with Gasteiger partial charge in [0.2, 0.25) is 0 Å². The van der Waals surface area contributed by atoms with Gasteiger partial charge < -0.3 is 14.4 Å². The summed E-state index contributed by atoms with van der Waals surface area (Å²) in [6.07, 6.45) is -0.148. The van der Waals surface area contributed by atoms with Crippen molar-refractivity contribution in [3.8, 4) is 0 Å². The van der Waals surface area contributed by atoms with Crippen molar-refractivity contribution in [3.63, 3.8) is 0 Å². The first-order valence-corrected chi connectivity index (χ1v) is 12.9. The largest absolute Gasteiger partial charge is 0.364 e.